The van der Waals surface area contributed by atoms with Crippen molar-refractivity contribution in [3.8, 4) is 0 Å². The molecule has 0 unspecified atom stereocenters. The average Bonchev–Trinajstić information content (AvgIpc) is 3.33. The topological polar surface area (TPSA) is 247 Å². The molecule has 0 radical (unpaired) electrons. The summed E-state index contributed by atoms with van der Waals surface area (Å²) in [4.78, 5) is 76.4. The van der Waals surface area contributed by atoms with Crippen LogP contribution in [0.15, 0.2) is 30.5 Å². The van der Waals surface area contributed by atoms with Gasteiger partial charge < -0.3 is 42.6 Å². The second-order valence-electron chi connectivity index (χ2n) is 9.94. The smallest absolute Gasteiger partial charge is 0.326 e. The van der Waals surface area contributed by atoms with Crippen molar-refractivity contribution in [2.24, 2.45) is 17.4 Å². The Morgan fingerprint density at radius 1 is 0.902 bits per heavy atom. The zero-order valence-electron chi connectivity index (χ0n) is 23.0. The molecule has 0 fully saturated rings. The lowest BCUT2D eigenvalue weighted by molar-refractivity contribution is -0.143. The number of carbonyl (C=O) groups is 6. The Labute approximate surface area is 236 Å². The lowest BCUT2D eigenvalue weighted by atomic mass is 9.96. The van der Waals surface area contributed by atoms with Gasteiger partial charge in [-0.2, -0.15) is 0 Å². The van der Waals surface area contributed by atoms with Gasteiger partial charge in [0.05, 0.1) is 6.04 Å². The Hall–Kier alpha value is -4.46. The van der Waals surface area contributed by atoms with Crippen LogP contribution in [-0.2, 0) is 35.2 Å². The lowest BCUT2D eigenvalue weighted by Gasteiger charge is -2.28. The SMILES string of the molecule is CC[C@H](C)[C@@H](NC(=O)[C@H](N)CCC(N)=O)C(=O)N[C@H](CCC(=O)O)C(=O)N[C@H](Cc1c[nH]c2ccccc12)C(=O)O. The monoisotopic (exact) mass is 574 g/mol. The normalized spacial score (nSPS) is 14.7. The van der Waals surface area contributed by atoms with Crippen molar-refractivity contribution < 1.29 is 39.0 Å². The first-order valence-corrected chi connectivity index (χ1v) is 13.3. The molecule has 0 spiro atoms. The van der Waals surface area contributed by atoms with E-state index in [0.717, 1.165) is 10.9 Å². The van der Waals surface area contributed by atoms with Crippen molar-refractivity contribution in [2.45, 2.75) is 76.5 Å². The van der Waals surface area contributed by atoms with Gasteiger partial charge in [0.25, 0.3) is 0 Å². The third-order valence-corrected chi connectivity index (χ3v) is 6.83. The Balaban J connectivity index is 2.20. The molecule has 0 aliphatic carbocycles. The van der Waals surface area contributed by atoms with Crippen LogP contribution in [0.1, 0.15) is 51.5 Å². The van der Waals surface area contributed by atoms with E-state index in [2.05, 4.69) is 20.9 Å². The number of hydrogen-bond acceptors (Lipinski definition) is 7. The molecule has 1 aromatic carbocycles. The van der Waals surface area contributed by atoms with Crippen LogP contribution < -0.4 is 27.4 Å². The molecular formula is C27H38N6O8. The molecule has 0 bridgehead atoms. The second-order valence-corrected chi connectivity index (χ2v) is 9.94. The summed E-state index contributed by atoms with van der Waals surface area (Å²) < 4.78 is 0. The van der Waals surface area contributed by atoms with Gasteiger partial charge in [-0.25, -0.2) is 4.79 Å². The van der Waals surface area contributed by atoms with Crippen LogP contribution in [0.2, 0.25) is 0 Å². The first-order chi connectivity index (χ1) is 19.3. The Morgan fingerprint density at radius 2 is 1.56 bits per heavy atom. The van der Waals surface area contributed by atoms with Crippen LogP contribution in [0, 0.1) is 5.92 Å². The van der Waals surface area contributed by atoms with Crippen LogP contribution in [0.3, 0.4) is 0 Å². The highest BCUT2D eigenvalue weighted by Gasteiger charge is 2.33. The van der Waals surface area contributed by atoms with Gasteiger partial charge in [-0.1, -0.05) is 38.5 Å². The van der Waals surface area contributed by atoms with Gasteiger partial charge in [0, 0.05) is 36.4 Å². The van der Waals surface area contributed by atoms with Gasteiger partial charge in [-0.15, -0.1) is 0 Å². The molecule has 0 saturated heterocycles. The van der Waals surface area contributed by atoms with Crippen LogP contribution in [-0.4, -0.2) is 74.9 Å². The van der Waals surface area contributed by atoms with E-state index in [-0.39, 0.29) is 25.7 Å². The van der Waals surface area contributed by atoms with E-state index in [1.54, 1.807) is 32.2 Å². The van der Waals surface area contributed by atoms with Crippen LogP contribution >= 0.6 is 0 Å². The molecule has 10 N–H and O–H groups in total. The fraction of sp³-hybridized carbons (Fsp3) is 0.481. The zero-order valence-corrected chi connectivity index (χ0v) is 23.0. The number of amides is 4. The summed E-state index contributed by atoms with van der Waals surface area (Å²) in [7, 11) is 0. The molecule has 0 aliphatic heterocycles. The molecule has 14 nitrogen and oxygen atoms in total. The molecule has 224 valence electrons. The molecular weight excluding hydrogens is 536 g/mol. The summed E-state index contributed by atoms with van der Waals surface area (Å²) in [6, 6.07) is 2.20. The third-order valence-electron chi connectivity index (χ3n) is 6.83. The number of H-pyrrole nitrogens is 1. The Kier molecular flexibility index (Phi) is 12.3. The quantitative estimate of drug-likeness (QED) is 0.124. The van der Waals surface area contributed by atoms with Crippen molar-refractivity contribution >= 4 is 46.5 Å². The number of para-hydroxylation sites is 1. The maximum atomic E-state index is 13.3. The molecule has 1 heterocycles. The van der Waals surface area contributed by atoms with E-state index >= 15 is 0 Å². The summed E-state index contributed by atoms with van der Waals surface area (Å²) in [5.41, 5.74) is 12.4. The number of aromatic amines is 1. The summed E-state index contributed by atoms with van der Waals surface area (Å²) >= 11 is 0. The molecule has 2 rings (SSSR count). The van der Waals surface area contributed by atoms with Gasteiger partial charge >= 0.3 is 11.9 Å². The number of benzene rings is 1. The number of nitrogens with one attached hydrogen (secondary N) is 4. The number of rotatable bonds is 17. The minimum atomic E-state index is -1.41. The molecule has 0 aliphatic rings. The van der Waals surface area contributed by atoms with Crippen LogP contribution in [0.25, 0.3) is 10.9 Å². The van der Waals surface area contributed by atoms with E-state index in [0.29, 0.717) is 12.0 Å². The van der Waals surface area contributed by atoms with Crippen LogP contribution in [0.4, 0.5) is 0 Å². The van der Waals surface area contributed by atoms with Crippen molar-refractivity contribution in [3.05, 3.63) is 36.0 Å². The number of carbonyl (C=O) groups excluding carboxylic acids is 4. The first-order valence-electron chi connectivity index (χ1n) is 13.3. The minimum absolute atomic E-state index is 0.0351. The summed E-state index contributed by atoms with van der Waals surface area (Å²) in [6.07, 6.45) is 1.04. The minimum Gasteiger partial charge on any atom is -0.481 e. The molecule has 1 aromatic heterocycles. The maximum Gasteiger partial charge on any atom is 0.326 e. The van der Waals surface area contributed by atoms with Crippen molar-refractivity contribution in [1.29, 1.82) is 0 Å². The number of carboxylic acids is 2. The number of aromatic nitrogens is 1. The second kappa shape index (κ2) is 15.4. The number of hydrogen-bond donors (Lipinski definition) is 8. The van der Waals surface area contributed by atoms with Crippen molar-refractivity contribution in [1.82, 2.24) is 20.9 Å². The molecule has 41 heavy (non-hydrogen) atoms. The fourth-order valence-corrected chi connectivity index (χ4v) is 4.18. The summed E-state index contributed by atoms with van der Waals surface area (Å²) in [5.74, 6) is -5.97. The van der Waals surface area contributed by atoms with E-state index < -0.39 is 72.1 Å². The van der Waals surface area contributed by atoms with Gasteiger partial charge in [-0.3, -0.25) is 24.0 Å². The highest BCUT2D eigenvalue weighted by molar-refractivity contribution is 5.95. The Bertz CT molecular complexity index is 1260. The highest BCUT2D eigenvalue weighted by Crippen LogP contribution is 2.19. The lowest BCUT2D eigenvalue weighted by Crippen LogP contribution is -2.58. The number of fused-ring (bicyclic) bond motifs is 1. The Morgan fingerprint density at radius 3 is 2.17 bits per heavy atom. The maximum absolute atomic E-state index is 13.3. The van der Waals surface area contributed by atoms with E-state index in [1.165, 1.54) is 0 Å². The molecule has 4 amide bonds. The predicted molar refractivity (Wildman–Crippen MR) is 148 cm³/mol. The number of nitrogens with two attached hydrogens (primary N) is 2. The number of primary amides is 1. The van der Waals surface area contributed by atoms with Gasteiger partial charge in [-0.05, 0) is 30.4 Å². The van der Waals surface area contributed by atoms with Crippen LogP contribution in [0.5, 0.6) is 0 Å². The van der Waals surface area contributed by atoms with Gasteiger partial charge in [0.1, 0.15) is 18.1 Å². The number of aliphatic carboxylic acids is 2. The van der Waals surface area contributed by atoms with E-state index in [4.69, 9.17) is 11.5 Å². The summed E-state index contributed by atoms with van der Waals surface area (Å²) in [6.45, 7) is 3.47. The van der Waals surface area contributed by atoms with Gasteiger partial charge in [0.2, 0.25) is 23.6 Å². The fourth-order valence-electron chi connectivity index (χ4n) is 4.18. The standard InChI is InChI=1S/C27H38N6O8/c1-3-14(2)23(33-24(37)17(28)8-10-21(29)34)26(39)31-19(9-11-22(35)36)25(38)32-20(27(40)41)12-15-13-30-18-7-5-4-6-16(15)18/h4-7,13-14,17,19-20,23,30H,3,8-12,28H2,1-2H3,(H2,29,34)(H,31,39)(H,32,38)(H,33,37)(H,35,36)(H,40,41)/t14-,17+,19+,20+,23+/m0/s1. The molecule has 14 heteroatoms. The molecule has 5 atom stereocenters. The highest BCUT2D eigenvalue weighted by atomic mass is 16.4. The molecule has 0 saturated carbocycles. The number of carboxylic acid groups (broad SMARTS) is 2. The van der Waals surface area contributed by atoms with E-state index in [1.807, 2.05) is 12.1 Å². The first kappa shape index (κ1) is 32.8. The largest absolute Gasteiger partial charge is 0.481 e. The molecule has 2 aromatic rings. The average molecular weight is 575 g/mol. The van der Waals surface area contributed by atoms with Crippen molar-refractivity contribution in [3.63, 3.8) is 0 Å². The summed E-state index contributed by atoms with van der Waals surface area (Å²) in [5, 5.41) is 27.2. The van der Waals surface area contributed by atoms with Gasteiger partial charge in [0.15, 0.2) is 0 Å². The predicted octanol–water partition coefficient (Wildman–Crippen LogP) is -0.247. The van der Waals surface area contributed by atoms with E-state index in [9.17, 15) is 39.0 Å². The van der Waals surface area contributed by atoms with Crippen molar-refractivity contribution in [2.75, 3.05) is 0 Å². The third kappa shape index (κ3) is 9.90. The zero-order chi connectivity index (χ0) is 30.7.